The summed E-state index contributed by atoms with van der Waals surface area (Å²) in [6.45, 7) is 2.94. The minimum atomic E-state index is 0.279. The molecule has 2 heterocycles. The van der Waals surface area contributed by atoms with Crippen LogP contribution in [0.1, 0.15) is 18.4 Å². The van der Waals surface area contributed by atoms with E-state index in [0.29, 0.717) is 18.4 Å². The summed E-state index contributed by atoms with van der Waals surface area (Å²) in [5, 5.41) is 5.97. The molecule has 4 rings (SSSR count). The zero-order valence-electron chi connectivity index (χ0n) is 12.8. The van der Waals surface area contributed by atoms with Crippen molar-refractivity contribution in [2.45, 2.75) is 25.3 Å². The molecule has 0 spiro atoms. The van der Waals surface area contributed by atoms with Crippen molar-refractivity contribution >= 4 is 16.7 Å². The van der Waals surface area contributed by atoms with Crippen LogP contribution in [0.3, 0.4) is 0 Å². The average molecular weight is 294 g/mol. The maximum absolute atomic E-state index is 12.7. The van der Waals surface area contributed by atoms with Crippen LogP contribution >= 0.6 is 0 Å². The number of hydrogen-bond acceptors (Lipinski definition) is 2. The van der Waals surface area contributed by atoms with Crippen LogP contribution in [0.5, 0.6) is 0 Å². The number of piperidine rings is 1. The highest BCUT2D eigenvalue weighted by atomic mass is 16.2. The van der Waals surface area contributed by atoms with E-state index >= 15 is 0 Å². The number of carbonyl (C=O) groups excluding carboxylic acids is 1. The molecule has 2 aromatic carbocycles. The Hall–Kier alpha value is -1.87. The number of nitrogens with one attached hydrogen (secondary N) is 1. The van der Waals surface area contributed by atoms with Gasteiger partial charge in [0.05, 0.1) is 6.42 Å². The summed E-state index contributed by atoms with van der Waals surface area (Å²) < 4.78 is 0. The first-order valence-electron chi connectivity index (χ1n) is 8.29. The van der Waals surface area contributed by atoms with E-state index < -0.39 is 0 Å². The smallest absolute Gasteiger partial charge is 0.227 e. The number of rotatable bonds is 2. The maximum atomic E-state index is 12.7. The molecule has 2 saturated heterocycles. The van der Waals surface area contributed by atoms with Crippen LogP contribution in [0.25, 0.3) is 10.8 Å². The van der Waals surface area contributed by atoms with Crippen LogP contribution in [0.4, 0.5) is 0 Å². The summed E-state index contributed by atoms with van der Waals surface area (Å²) in [5.74, 6) is 0.937. The van der Waals surface area contributed by atoms with Crippen molar-refractivity contribution < 1.29 is 4.79 Å². The molecule has 0 radical (unpaired) electrons. The van der Waals surface area contributed by atoms with Crippen molar-refractivity contribution in [2.24, 2.45) is 5.92 Å². The number of fused-ring (bicyclic) bond motifs is 2. The third kappa shape index (κ3) is 2.50. The second kappa shape index (κ2) is 5.73. The van der Waals surface area contributed by atoms with Crippen molar-refractivity contribution in [1.29, 1.82) is 0 Å². The minimum Gasteiger partial charge on any atom is -0.342 e. The van der Waals surface area contributed by atoms with Crippen molar-refractivity contribution in [3.63, 3.8) is 0 Å². The molecule has 1 N–H and O–H groups in total. The van der Waals surface area contributed by atoms with E-state index in [1.165, 1.54) is 17.2 Å². The van der Waals surface area contributed by atoms with Gasteiger partial charge in [0.1, 0.15) is 0 Å². The largest absolute Gasteiger partial charge is 0.342 e. The molecule has 2 unspecified atom stereocenters. The van der Waals surface area contributed by atoms with Gasteiger partial charge in [-0.2, -0.15) is 0 Å². The zero-order valence-corrected chi connectivity index (χ0v) is 12.8. The third-order valence-electron chi connectivity index (χ3n) is 5.23. The Labute approximate surface area is 131 Å². The van der Waals surface area contributed by atoms with E-state index in [9.17, 15) is 4.79 Å². The Morgan fingerprint density at radius 3 is 2.95 bits per heavy atom. The monoisotopic (exact) mass is 294 g/mol. The van der Waals surface area contributed by atoms with Crippen LogP contribution in [-0.4, -0.2) is 36.5 Å². The lowest BCUT2D eigenvalue weighted by Crippen LogP contribution is -2.47. The van der Waals surface area contributed by atoms with Gasteiger partial charge in [-0.1, -0.05) is 42.5 Å². The lowest BCUT2D eigenvalue weighted by Gasteiger charge is -2.35. The second-order valence-corrected chi connectivity index (χ2v) is 6.55. The van der Waals surface area contributed by atoms with Crippen molar-refractivity contribution in [2.75, 3.05) is 19.6 Å². The van der Waals surface area contributed by atoms with Gasteiger partial charge in [-0.25, -0.2) is 0 Å². The fourth-order valence-electron chi connectivity index (χ4n) is 4.00. The van der Waals surface area contributed by atoms with Crippen LogP contribution in [0.15, 0.2) is 42.5 Å². The highest BCUT2D eigenvalue weighted by molar-refractivity contribution is 5.90. The molecule has 2 aromatic rings. The van der Waals surface area contributed by atoms with Gasteiger partial charge in [0.2, 0.25) is 5.91 Å². The molecule has 114 valence electrons. The number of nitrogens with zero attached hydrogens (tertiary/aromatic N) is 1. The van der Waals surface area contributed by atoms with Crippen LogP contribution in [0, 0.1) is 5.92 Å². The molecule has 3 nitrogen and oxygen atoms in total. The molecular weight excluding hydrogens is 272 g/mol. The van der Waals surface area contributed by atoms with Crippen LogP contribution in [-0.2, 0) is 11.2 Å². The number of amides is 1. The number of benzene rings is 2. The van der Waals surface area contributed by atoms with Gasteiger partial charge in [-0.15, -0.1) is 0 Å². The maximum Gasteiger partial charge on any atom is 0.227 e. The molecule has 2 aliphatic heterocycles. The Morgan fingerprint density at radius 1 is 1.14 bits per heavy atom. The molecule has 0 bridgehead atoms. The molecule has 2 aliphatic rings. The quantitative estimate of drug-likeness (QED) is 0.923. The molecule has 0 aromatic heterocycles. The molecule has 3 heteroatoms. The van der Waals surface area contributed by atoms with Gasteiger partial charge in [-0.05, 0) is 41.6 Å². The van der Waals surface area contributed by atoms with Gasteiger partial charge in [0.25, 0.3) is 0 Å². The molecule has 22 heavy (non-hydrogen) atoms. The summed E-state index contributed by atoms with van der Waals surface area (Å²) in [5.41, 5.74) is 1.15. The van der Waals surface area contributed by atoms with E-state index in [2.05, 4.69) is 40.5 Å². The fraction of sp³-hybridized carbons (Fsp3) is 0.421. The van der Waals surface area contributed by atoms with E-state index in [1.807, 2.05) is 12.1 Å². The lowest BCUT2D eigenvalue weighted by molar-refractivity contribution is -0.132. The summed E-state index contributed by atoms with van der Waals surface area (Å²) in [4.78, 5) is 14.8. The lowest BCUT2D eigenvalue weighted by atomic mass is 9.92. The Balaban J connectivity index is 1.51. The normalized spacial score (nSPS) is 24.5. The molecular formula is C19H22N2O. The Morgan fingerprint density at radius 2 is 2.00 bits per heavy atom. The molecule has 1 amide bonds. The number of likely N-dealkylation sites (tertiary alicyclic amines) is 1. The van der Waals surface area contributed by atoms with E-state index in [1.54, 1.807) is 0 Å². The Bertz CT molecular complexity index is 691. The number of hydrogen-bond donors (Lipinski definition) is 1. The highest BCUT2D eigenvalue weighted by Gasteiger charge is 2.34. The zero-order chi connectivity index (χ0) is 14.9. The molecule has 0 saturated carbocycles. The van der Waals surface area contributed by atoms with Gasteiger partial charge < -0.3 is 10.2 Å². The first-order chi connectivity index (χ1) is 10.8. The Kier molecular flexibility index (Phi) is 3.59. The number of carbonyl (C=O) groups is 1. The first-order valence-corrected chi connectivity index (χ1v) is 8.29. The SMILES string of the molecule is O=C(Cc1cccc2ccccc12)N1CCC2NCCC2C1. The summed E-state index contributed by atoms with van der Waals surface area (Å²) in [6.07, 6.45) is 2.83. The first kappa shape index (κ1) is 13.8. The van der Waals surface area contributed by atoms with Crippen molar-refractivity contribution in [3.05, 3.63) is 48.0 Å². The summed E-state index contributed by atoms with van der Waals surface area (Å²) in [7, 11) is 0. The molecule has 2 atom stereocenters. The van der Waals surface area contributed by atoms with Crippen LogP contribution < -0.4 is 5.32 Å². The predicted octanol–water partition coefficient (Wildman–Crippen LogP) is 2.59. The topological polar surface area (TPSA) is 32.3 Å². The van der Waals surface area contributed by atoms with Gasteiger partial charge in [0, 0.05) is 19.1 Å². The average Bonchev–Trinajstić information content (AvgIpc) is 3.02. The van der Waals surface area contributed by atoms with Crippen molar-refractivity contribution in [3.8, 4) is 0 Å². The molecule has 2 fully saturated rings. The van der Waals surface area contributed by atoms with Gasteiger partial charge in [-0.3, -0.25) is 4.79 Å². The van der Waals surface area contributed by atoms with E-state index in [4.69, 9.17) is 0 Å². The van der Waals surface area contributed by atoms with Gasteiger partial charge >= 0.3 is 0 Å². The van der Waals surface area contributed by atoms with Gasteiger partial charge in [0.15, 0.2) is 0 Å². The highest BCUT2D eigenvalue weighted by Crippen LogP contribution is 2.26. The van der Waals surface area contributed by atoms with Crippen LogP contribution in [0.2, 0.25) is 0 Å². The minimum absolute atomic E-state index is 0.279. The summed E-state index contributed by atoms with van der Waals surface area (Å²) >= 11 is 0. The standard InChI is InChI=1S/C19H22N2O/c22-19(21-11-9-18-16(13-21)8-10-20-18)12-15-6-3-5-14-4-1-2-7-17(14)15/h1-7,16,18,20H,8-13H2. The van der Waals surface area contributed by atoms with Crippen molar-refractivity contribution in [1.82, 2.24) is 10.2 Å². The second-order valence-electron chi connectivity index (χ2n) is 6.55. The fourth-order valence-corrected chi connectivity index (χ4v) is 4.00. The predicted molar refractivity (Wildman–Crippen MR) is 88.7 cm³/mol. The summed E-state index contributed by atoms with van der Waals surface area (Å²) in [6, 6.07) is 15.2. The third-order valence-corrected chi connectivity index (χ3v) is 5.23. The van der Waals surface area contributed by atoms with E-state index in [-0.39, 0.29) is 5.91 Å². The van der Waals surface area contributed by atoms with E-state index in [0.717, 1.165) is 31.6 Å². The molecule has 0 aliphatic carbocycles.